The highest BCUT2D eigenvalue weighted by atomic mass is 35.5. The first-order chi connectivity index (χ1) is 10.7. The Bertz CT molecular complexity index is 554. The number of nitrogens with zero attached hydrogens (tertiary/aromatic N) is 1. The van der Waals surface area contributed by atoms with Crippen LogP contribution >= 0.6 is 11.6 Å². The molecule has 1 aliphatic rings. The van der Waals surface area contributed by atoms with Crippen molar-refractivity contribution in [2.45, 2.75) is 32.1 Å². The summed E-state index contributed by atoms with van der Waals surface area (Å²) in [6.07, 6.45) is 6.68. The topological polar surface area (TPSA) is 70.6 Å². The number of nitrogens with one attached hydrogen (secondary N) is 2. The molecule has 0 saturated heterocycles. The summed E-state index contributed by atoms with van der Waals surface area (Å²) in [5.74, 6) is -0.342. The normalized spacial score (nSPS) is 15.7. The van der Waals surface area contributed by atoms with E-state index in [-0.39, 0.29) is 24.3 Å². The Hall–Kier alpha value is -1.88. The van der Waals surface area contributed by atoms with Crippen LogP contribution in [0.5, 0.6) is 0 Å². The van der Waals surface area contributed by atoms with Gasteiger partial charge in [0.05, 0.1) is 12.8 Å². The number of hydrogen-bond acceptors (Lipinski definition) is 3. The standard InChI is InChI=1S/C16H20ClN3O2/c17-14-9-5-4-8-13(14)10-19-20-15(21)11-18-16(22)12-6-2-1-3-7-12/h4-5,8-10,12H,1-3,6-7,11H2,(H,18,22)(H,20,21). The van der Waals surface area contributed by atoms with Crippen molar-refractivity contribution in [3.8, 4) is 0 Å². The molecular weight excluding hydrogens is 302 g/mol. The first-order valence-electron chi connectivity index (χ1n) is 7.51. The van der Waals surface area contributed by atoms with Gasteiger partial charge < -0.3 is 5.32 Å². The second-order valence-corrected chi connectivity index (χ2v) is 5.77. The van der Waals surface area contributed by atoms with Gasteiger partial charge in [-0.1, -0.05) is 49.1 Å². The quantitative estimate of drug-likeness (QED) is 0.646. The van der Waals surface area contributed by atoms with Crippen molar-refractivity contribution in [2.75, 3.05) is 6.54 Å². The van der Waals surface area contributed by atoms with Gasteiger partial charge in [-0.25, -0.2) is 5.43 Å². The zero-order valence-corrected chi connectivity index (χ0v) is 13.1. The van der Waals surface area contributed by atoms with E-state index in [1.807, 2.05) is 12.1 Å². The van der Waals surface area contributed by atoms with E-state index in [1.54, 1.807) is 12.1 Å². The van der Waals surface area contributed by atoms with Crippen molar-refractivity contribution >= 4 is 29.6 Å². The Kier molecular flexibility index (Phi) is 6.40. The molecule has 2 N–H and O–H groups in total. The summed E-state index contributed by atoms with van der Waals surface area (Å²) in [5, 5.41) is 7.06. The fourth-order valence-electron chi connectivity index (χ4n) is 2.47. The van der Waals surface area contributed by atoms with Crippen LogP contribution in [-0.2, 0) is 9.59 Å². The van der Waals surface area contributed by atoms with Gasteiger partial charge in [0.2, 0.25) is 5.91 Å². The third kappa shape index (κ3) is 5.15. The van der Waals surface area contributed by atoms with Crippen LogP contribution in [0.1, 0.15) is 37.7 Å². The predicted molar refractivity (Wildman–Crippen MR) is 86.8 cm³/mol. The van der Waals surface area contributed by atoms with Crippen molar-refractivity contribution in [1.82, 2.24) is 10.7 Å². The number of benzene rings is 1. The van der Waals surface area contributed by atoms with Crippen LogP contribution in [0.25, 0.3) is 0 Å². The van der Waals surface area contributed by atoms with E-state index in [0.717, 1.165) is 31.2 Å². The third-order valence-corrected chi connectivity index (χ3v) is 4.04. The van der Waals surface area contributed by atoms with E-state index in [1.165, 1.54) is 12.6 Å². The molecular formula is C16H20ClN3O2. The van der Waals surface area contributed by atoms with Crippen molar-refractivity contribution in [1.29, 1.82) is 0 Å². The lowest BCUT2D eigenvalue weighted by Gasteiger charge is -2.20. The van der Waals surface area contributed by atoms with E-state index in [2.05, 4.69) is 15.8 Å². The second-order valence-electron chi connectivity index (χ2n) is 5.37. The molecule has 6 heteroatoms. The Morgan fingerprint density at radius 1 is 1.23 bits per heavy atom. The van der Waals surface area contributed by atoms with Gasteiger partial charge in [-0.3, -0.25) is 9.59 Å². The summed E-state index contributed by atoms with van der Waals surface area (Å²) < 4.78 is 0. The zero-order valence-electron chi connectivity index (χ0n) is 12.3. The van der Waals surface area contributed by atoms with Gasteiger partial charge in [0, 0.05) is 16.5 Å². The average Bonchev–Trinajstić information content (AvgIpc) is 2.55. The van der Waals surface area contributed by atoms with Crippen LogP contribution in [0.3, 0.4) is 0 Å². The number of carbonyl (C=O) groups excluding carboxylic acids is 2. The van der Waals surface area contributed by atoms with Crippen molar-refractivity contribution < 1.29 is 9.59 Å². The van der Waals surface area contributed by atoms with Gasteiger partial charge in [0.25, 0.3) is 5.91 Å². The Morgan fingerprint density at radius 3 is 2.68 bits per heavy atom. The first kappa shape index (κ1) is 16.5. The van der Waals surface area contributed by atoms with Crippen LogP contribution in [0.15, 0.2) is 29.4 Å². The first-order valence-corrected chi connectivity index (χ1v) is 7.89. The molecule has 0 aliphatic heterocycles. The zero-order chi connectivity index (χ0) is 15.8. The molecule has 1 fully saturated rings. The molecule has 0 atom stereocenters. The van der Waals surface area contributed by atoms with E-state index < -0.39 is 0 Å². The summed E-state index contributed by atoms with van der Waals surface area (Å²) in [6.45, 7) is -0.0603. The molecule has 1 saturated carbocycles. The molecule has 2 rings (SSSR count). The van der Waals surface area contributed by atoms with Crippen LogP contribution in [0.2, 0.25) is 5.02 Å². The van der Waals surface area contributed by atoms with Gasteiger partial charge in [-0.15, -0.1) is 0 Å². The maximum Gasteiger partial charge on any atom is 0.259 e. The minimum Gasteiger partial charge on any atom is -0.347 e. The van der Waals surface area contributed by atoms with Crippen molar-refractivity contribution in [2.24, 2.45) is 11.0 Å². The summed E-state index contributed by atoms with van der Waals surface area (Å²) in [4.78, 5) is 23.5. The second kappa shape index (κ2) is 8.54. The Morgan fingerprint density at radius 2 is 1.95 bits per heavy atom. The minimum absolute atomic E-state index is 0.0371. The highest BCUT2D eigenvalue weighted by Gasteiger charge is 2.21. The molecule has 0 bridgehead atoms. The molecule has 0 aromatic heterocycles. The fourth-order valence-corrected chi connectivity index (χ4v) is 2.65. The Balaban J connectivity index is 1.71. The van der Waals surface area contributed by atoms with Gasteiger partial charge in [-0.05, 0) is 18.9 Å². The molecule has 1 aromatic carbocycles. The smallest absolute Gasteiger partial charge is 0.259 e. The van der Waals surface area contributed by atoms with Crippen molar-refractivity contribution in [3.05, 3.63) is 34.9 Å². The summed E-state index contributed by atoms with van der Waals surface area (Å²) in [7, 11) is 0. The number of hydrogen-bond donors (Lipinski definition) is 2. The number of rotatable bonds is 5. The lowest BCUT2D eigenvalue weighted by molar-refractivity contribution is -0.129. The lowest BCUT2D eigenvalue weighted by atomic mass is 9.89. The molecule has 118 valence electrons. The van der Waals surface area contributed by atoms with E-state index in [4.69, 9.17) is 11.6 Å². The van der Waals surface area contributed by atoms with E-state index >= 15 is 0 Å². The lowest BCUT2D eigenvalue weighted by Crippen LogP contribution is -2.38. The van der Waals surface area contributed by atoms with Crippen LogP contribution in [0, 0.1) is 5.92 Å². The van der Waals surface area contributed by atoms with Crippen molar-refractivity contribution in [3.63, 3.8) is 0 Å². The molecule has 1 aliphatic carbocycles. The highest BCUT2D eigenvalue weighted by molar-refractivity contribution is 6.33. The van der Waals surface area contributed by atoms with Gasteiger partial charge in [0.15, 0.2) is 0 Å². The average molecular weight is 322 g/mol. The third-order valence-electron chi connectivity index (χ3n) is 3.70. The predicted octanol–water partition coefficient (Wildman–Crippen LogP) is 2.49. The molecule has 2 amide bonds. The summed E-state index contributed by atoms with van der Waals surface area (Å²) in [5.41, 5.74) is 3.09. The van der Waals surface area contributed by atoms with Gasteiger partial charge in [0.1, 0.15) is 0 Å². The van der Waals surface area contributed by atoms with E-state index in [9.17, 15) is 9.59 Å². The van der Waals surface area contributed by atoms with Crippen LogP contribution < -0.4 is 10.7 Å². The maximum absolute atomic E-state index is 11.9. The van der Waals surface area contributed by atoms with E-state index in [0.29, 0.717) is 5.02 Å². The molecule has 0 radical (unpaired) electrons. The van der Waals surface area contributed by atoms with Crippen LogP contribution in [0.4, 0.5) is 0 Å². The minimum atomic E-state index is -0.354. The molecule has 5 nitrogen and oxygen atoms in total. The molecule has 0 heterocycles. The molecule has 0 spiro atoms. The highest BCUT2D eigenvalue weighted by Crippen LogP contribution is 2.23. The molecule has 0 unspecified atom stereocenters. The number of carbonyl (C=O) groups is 2. The monoisotopic (exact) mass is 321 g/mol. The number of halogens is 1. The summed E-state index contributed by atoms with van der Waals surface area (Å²) in [6, 6.07) is 7.19. The van der Waals surface area contributed by atoms with Crippen LogP contribution in [-0.4, -0.2) is 24.6 Å². The SMILES string of the molecule is O=C(CNC(=O)C1CCCCC1)NN=Cc1ccccc1Cl. The summed E-state index contributed by atoms with van der Waals surface area (Å²) >= 11 is 5.97. The number of hydrazone groups is 1. The fraction of sp³-hybridized carbons (Fsp3) is 0.438. The number of amides is 2. The maximum atomic E-state index is 11.9. The molecule has 1 aromatic rings. The largest absolute Gasteiger partial charge is 0.347 e. The molecule has 22 heavy (non-hydrogen) atoms. The van der Waals surface area contributed by atoms with Gasteiger partial charge in [-0.2, -0.15) is 5.10 Å². The Labute approximate surface area is 135 Å². The van der Waals surface area contributed by atoms with Gasteiger partial charge >= 0.3 is 0 Å².